The zero-order valence-corrected chi connectivity index (χ0v) is 10.5. The highest BCUT2D eigenvalue weighted by Crippen LogP contribution is 2.04. The SMILES string of the molecule is CCC.FC1CCNCC1.c1ccccc1. The molecule has 1 aromatic rings. The van der Waals surface area contributed by atoms with Gasteiger partial charge in [-0.1, -0.05) is 56.7 Å². The Morgan fingerprint density at radius 2 is 1.25 bits per heavy atom. The van der Waals surface area contributed by atoms with Gasteiger partial charge in [-0.25, -0.2) is 4.39 Å². The van der Waals surface area contributed by atoms with Crippen LogP contribution in [0.4, 0.5) is 4.39 Å². The van der Waals surface area contributed by atoms with Crippen molar-refractivity contribution in [3.8, 4) is 0 Å². The van der Waals surface area contributed by atoms with E-state index in [4.69, 9.17) is 0 Å². The molecule has 0 bridgehead atoms. The lowest BCUT2D eigenvalue weighted by Crippen LogP contribution is -2.28. The van der Waals surface area contributed by atoms with E-state index < -0.39 is 6.17 Å². The molecule has 2 heteroatoms. The highest BCUT2D eigenvalue weighted by Gasteiger charge is 2.09. The second-order valence-corrected chi connectivity index (χ2v) is 3.79. The summed E-state index contributed by atoms with van der Waals surface area (Å²) >= 11 is 0. The van der Waals surface area contributed by atoms with Crippen LogP contribution >= 0.6 is 0 Å². The van der Waals surface area contributed by atoms with Crippen LogP contribution < -0.4 is 5.32 Å². The van der Waals surface area contributed by atoms with Crippen LogP contribution in [0.25, 0.3) is 0 Å². The number of hydrogen-bond donors (Lipinski definition) is 1. The molecule has 1 aliphatic heterocycles. The number of benzene rings is 1. The predicted octanol–water partition coefficient (Wildman–Crippen LogP) is 3.81. The summed E-state index contributed by atoms with van der Waals surface area (Å²) in [6.07, 6.45) is 2.14. The number of rotatable bonds is 0. The number of hydrogen-bond acceptors (Lipinski definition) is 1. The molecule has 1 nitrogen and oxygen atoms in total. The minimum absolute atomic E-state index is 0.527. The molecule has 1 heterocycles. The van der Waals surface area contributed by atoms with Crippen molar-refractivity contribution in [2.24, 2.45) is 0 Å². The van der Waals surface area contributed by atoms with Gasteiger partial charge in [0, 0.05) is 0 Å². The first-order valence-corrected chi connectivity index (χ1v) is 6.16. The van der Waals surface area contributed by atoms with Crippen molar-refractivity contribution in [2.75, 3.05) is 13.1 Å². The standard InChI is InChI=1S/C6H6.C5H10FN.C3H8/c1-2-4-6-5-3-1;6-5-1-3-7-4-2-5;1-3-2/h1-6H;5,7H,1-4H2;3H2,1-2H3. The summed E-state index contributed by atoms with van der Waals surface area (Å²) in [6.45, 7) is 5.97. The van der Waals surface area contributed by atoms with E-state index in [1.807, 2.05) is 36.4 Å². The van der Waals surface area contributed by atoms with Gasteiger partial charge in [0.1, 0.15) is 6.17 Å². The van der Waals surface area contributed by atoms with Gasteiger partial charge in [0.25, 0.3) is 0 Å². The smallest absolute Gasteiger partial charge is 0.103 e. The molecule has 0 atom stereocenters. The fourth-order valence-corrected chi connectivity index (χ4v) is 1.17. The summed E-state index contributed by atoms with van der Waals surface area (Å²) in [5.74, 6) is 0. The van der Waals surface area contributed by atoms with Gasteiger partial charge in [0.05, 0.1) is 0 Å². The number of nitrogens with one attached hydrogen (secondary N) is 1. The van der Waals surface area contributed by atoms with E-state index in [-0.39, 0.29) is 0 Å². The van der Waals surface area contributed by atoms with Gasteiger partial charge in [0.15, 0.2) is 0 Å². The van der Waals surface area contributed by atoms with Crippen molar-refractivity contribution >= 4 is 0 Å². The monoisotopic (exact) mass is 225 g/mol. The van der Waals surface area contributed by atoms with Crippen molar-refractivity contribution < 1.29 is 4.39 Å². The van der Waals surface area contributed by atoms with Crippen molar-refractivity contribution in [3.05, 3.63) is 36.4 Å². The minimum Gasteiger partial charge on any atom is -0.317 e. The third kappa shape index (κ3) is 11.2. The molecule has 0 aromatic heterocycles. The molecule has 0 radical (unpaired) electrons. The summed E-state index contributed by atoms with van der Waals surface area (Å²) in [7, 11) is 0. The molecule has 0 unspecified atom stereocenters. The predicted molar refractivity (Wildman–Crippen MR) is 69.4 cm³/mol. The lowest BCUT2D eigenvalue weighted by Gasteiger charge is -2.14. The van der Waals surface area contributed by atoms with E-state index in [9.17, 15) is 4.39 Å². The molecule has 1 saturated heterocycles. The highest BCUT2D eigenvalue weighted by molar-refractivity contribution is 4.99. The summed E-state index contributed by atoms with van der Waals surface area (Å²) in [6, 6.07) is 12.0. The van der Waals surface area contributed by atoms with Crippen molar-refractivity contribution in [1.29, 1.82) is 0 Å². The summed E-state index contributed by atoms with van der Waals surface area (Å²) in [5, 5.41) is 3.08. The third-order valence-electron chi connectivity index (χ3n) is 1.94. The van der Waals surface area contributed by atoms with Crippen molar-refractivity contribution in [2.45, 2.75) is 39.3 Å². The highest BCUT2D eigenvalue weighted by atomic mass is 19.1. The Hall–Kier alpha value is -0.890. The Morgan fingerprint density at radius 3 is 1.44 bits per heavy atom. The molecule has 1 aromatic carbocycles. The van der Waals surface area contributed by atoms with Crippen LogP contribution in [-0.2, 0) is 0 Å². The average Bonchev–Trinajstić information content (AvgIpc) is 2.34. The van der Waals surface area contributed by atoms with Crippen molar-refractivity contribution in [3.63, 3.8) is 0 Å². The molecule has 0 saturated carbocycles. The minimum atomic E-state index is -0.527. The van der Waals surface area contributed by atoms with Crippen LogP contribution in [0.1, 0.15) is 33.1 Å². The second-order valence-electron chi connectivity index (χ2n) is 3.79. The molecule has 1 aliphatic rings. The zero-order valence-electron chi connectivity index (χ0n) is 10.5. The number of piperidine rings is 1. The maximum atomic E-state index is 12.1. The van der Waals surface area contributed by atoms with Gasteiger partial charge in [-0.05, 0) is 25.9 Å². The van der Waals surface area contributed by atoms with E-state index >= 15 is 0 Å². The average molecular weight is 225 g/mol. The molecule has 16 heavy (non-hydrogen) atoms. The van der Waals surface area contributed by atoms with Gasteiger partial charge in [-0.2, -0.15) is 0 Å². The van der Waals surface area contributed by atoms with Crippen LogP contribution in [0.3, 0.4) is 0 Å². The molecule has 2 rings (SSSR count). The summed E-state index contributed by atoms with van der Waals surface area (Å²) < 4.78 is 12.1. The van der Waals surface area contributed by atoms with Crippen LogP contribution in [-0.4, -0.2) is 19.3 Å². The maximum absolute atomic E-state index is 12.1. The van der Waals surface area contributed by atoms with E-state index in [1.54, 1.807) is 0 Å². The summed E-state index contributed by atoms with van der Waals surface area (Å²) in [4.78, 5) is 0. The molecule has 1 N–H and O–H groups in total. The first-order valence-electron chi connectivity index (χ1n) is 6.16. The summed E-state index contributed by atoms with van der Waals surface area (Å²) in [5.41, 5.74) is 0. The molecule has 0 amide bonds. The normalized spacial score (nSPS) is 15.2. The molecular formula is C14H24FN. The van der Waals surface area contributed by atoms with Crippen LogP contribution in [0.2, 0.25) is 0 Å². The first-order chi connectivity index (χ1) is 7.81. The van der Waals surface area contributed by atoms with E-state index in [1.165, 1.54) is 6.42 Å². The number of alkyl halides is 1. The molecule has 0 aliphatic carbocycles. The Balaban J connectivity index is 0.000000230. The van der Waals surface area contributed by atoms with Crippen LogP contribution in [0.15, 0.2) is 36.4 Å². The second kappa shape index (κ2) is 12.2. The van der Waals surface area contributed by atoms with Gasteiger partial charge in [-0.15, -0.1) is 0 Å². The first kappa shape index (κ1) is 15.1. The van der Waals surface area contributed by atoms with Gasteiger partial charge in [-0.3, -0.25) is 0 Å². The Bertz CT molecular complexity index is 181. The maximum Gasteiger partial charge on any atom is 0.103 e. The van der Waals surface area contributed by atoms with Gasteiger partial charge >= 0.3 is 0 Å². The largest absolute Gasteiger partial charge is 0.317 e. The molecule has 1 fully saturated rings. The molecular weight excluding hydrogens is 201 g/mol. The Labute approximate surface area is 99.1 Å². The quantitative estimate of drug-likeness (QED) is 0.708. The van der Waals surface area contributed by atoms with E-state index in [0.29, 0.717) is 12.8 Å². The van der Waals surface area contributed by atoms with Gasteiger partial charge in [0.2, 0.25) is 0 Å². The van der Waals surface area contributed by atoms with E-state index in [0.717, 1.165) is 13.1 Å². The van der Waals surface area contributed by atoms with Crippen molar-refractivity contribution in [1.82, 2.24) is 5.32 Å². The number of halogens is 1. The molecule has 92 valence electrons. The lowest BCUT2D eigenvalue weighted by atomic mass is 10.1. The van der Waals surface area contributed by atoms with Gasteiger partial charge < -0.3 is 5.32 Å². The van der Waals surface area contributed by atoms with Crippen LogP contribution in [0.5, 0.6) is 0 Å². The third-order valence-corrected chi connectivity index (χ3v) is 1.94. The Morgan fingerprint density at radius 1 is 0.938 bits per heavy atom. The lowest BCUT2D eigenvalue weighted by molar-refractivity contribution is 0.262. The zero-order chi connectivity index (χ0) is 12.1. The fourth-order valence-electron chi connectivity index (χ4n) is 1.17. The fraction of sp³-hybridized carbons (Fsp3) is 0.571. The van der Waals surface area contributed by atoms with E-state index in [2.05, 4.69) is 19.2 Å². The topological polar surface area (TPSA) is 12.0 Å². The van der Waals surface area contributed by atoms with Crippen LogP contribution in [0, 0.1) is 0 Å². The Kier molecular flexibility index (Phi) is 11.5. The molecule has 0 spiro atoms.